The third-order valence-electron chi connectivity index (χ3n) is 20.2. The lowest BCUT2D eigenvalue weighted by Gasteiger charge is -2.38. The number of carbonyl (C=O) groups is 11. The highest BCUT2D eigenvalue weighted by atomic mass is 33.1. The zero-order chi connectivity index (χ0) is 87.2. The maximum absolute atomic E-state index is 14.8. The Labute approximate surface area is 693 Å². The van der Waals surface area contributed by atoms with Crippen LogP contribution in [-0.2, 0) is 85.9 Å². The van der Waals surface area contributed by atoms with Gasteiger partial charge in [0, 0.05) is 112 Å². The molecule has 5 aliphatic rings. The third kappa shape index (κ3) is 27.8. The number of benzene rings is 2. The summed E-state index contributed by atoms with van der Waals surface area (Å²) in [4.78, 5) is 204. The highest BCUT2D eigenvalue weighted by Gasteiger charge is 2.46. The van der Waals surface area contributed by atoms with Crippen LogP contribution in [0.5, 0.6) is 5.75 Å². The van der Waals surface area contributed by atoms with Gasteiger partial charge in [0.25, 0.3) is 5.91 Å². The minimum Gasteiger partial charge on any atom is -0.481 e. The summed E-state index contributed by atoms with van der Waals surface area (Å²) in [5.74, 6) is -2.70. The number of ether oxygens (including phenoxy) is 2. The molecule has 8 rings (SSSR count). The Morgan fingerprint density at radius 1 is 0.807 bits per heavy atom. The Morgan fingerprint density at radius 3 is 2.14 bits per heavy atom. The van der Waals surface area contributed by atoms with Gasteiger partial charge in [-0.05, 0) is 124 Å². The zero-order valence-electron chi connectivity index (χ0n) is 66.1. The number of allylic oxidation sites excluding steroid dienone is 5. The SMILES string of the molecule is CC/C=C1\C=C2Oc3cc(CCC)c(C)cc3C(c3ccccc3C(=O)N(C)CCCC(=O)NCCCCC(NC(=O)C3CCCN3C(=O)CCSSCCC(=O)CCC#Cc3cn([C@H]4CC(O)[C@@H](COP(=O)(O)OP(=O)(O)OP(=O)(O)O)O4)c(=O)nc3N)C(=O)N3CCCC3C(=O)NC(CC(=O)O)C(=O)NC(CC(=O)O)C(=O)O)C2C=C1C. The number of Topliss-reactive ketones (excluding diaryl/α,β-unsaturated/α-hetero) is 1. The fourth-order valence-electron chi connectivity index (χ4n) is 14.4. The van der Waals surface area contributed by atoms with Crippen molar-refractivity contribution < 1.29 is 129 Å². The van der Waals surface area contributed by atoms with Crippen LogP contribution in [0.4, 0.5) is 5.82 Å². The molecule has 10 unspecified atom stereocenters. The lowest BCUT2D eigenvalue weighted by Crippen LogP contribution is -2.58. The summed E-state index contributed by atoms with van der Waals surface area (Å²) in [7, 11) is -12.7. The largest absolute Gasteiger partial charge is 0.490 e. The number of anilines is 1. The van der Waals surface area contributed by atoms with E-state index in [1.807, 2.05) is 29.6 Å². The predicted octanol–water partition coefficient (Wildman–Crippen LogP) is 5.57. The number of ketones is 1. The number of phosphoric ester groups is 1. The molecule has 650 valence electrons. The molecule has 43 heteroatoms. The van der Waals surface area contributed by atoms with Gasteiger partial charge < -0.3 is 91.2 Å². The van der Waals surface area contributed by atoms with Gasteiger partial charge in [-0.3, -0.25) is 57.0 Å². The first kappa shape index (κ1) is 95.6. The van der Waals surface area contributed by atoms with Gasteiger partial charge in [0.15, 0.2) is 0 Å². The van der Waals surface area contributed by atoms with Crippen LogP contribution in [0.15, 0.2) is 82.5 Å². The second-order valence-electron chi connectivity index (χ2n) is 29.1. The summed E-state index contributed by atoms with van der Waals surface area (Å²) in [5, 5.41) is 49.0. The average molecular weight is 1760 g/mol. The number of carbonyl (C=O) groups excluding carboxylic acids is 8. The number of nitrogen functional groups attached to an aromatic ring is 1. The Bertz CT molecular complexity index is 4680. The number of hydrogen-bond donors (Lipinski definition) is 13. The van der Waals surface area contributed by atoms with E-state index in [9.17, 15) is 101 Å². The third-order valence-corrected chi connectivity index (χ3v) is 26.4. The minimum absolute atomic E-state index is 0.00909. The predicted molar refractivity (Wildman–Crippen MR) is 431 cm³/mol. The summed E-state index contributed by atoms with van der Waals surface area (Å²) < 4.78 is 59.9. The maximum Gasteiger partial charge on any atom is 0.490 e. The molecule has 2 aromatic carbocycles. The molecule has 3 fully saturated rings. The Balaban J connectivity index is 0.833. The van der Waals surface area contributed by atoms with Crippen LogP contribution in [0, 0.1) is 24.7 Å². The summed E-state index contributed by atoms with van der Waals surface area (Å²) >= 11 is 0. The first-order chi connectivity index (χ1) is 56.3. The lowest BCUT2D eigenvalue weighted by atomic mass is 9.72. The van der Waals surface area contributed by atoms with Gasteiger partial charge in [0.2, 0.25) is 35.4 Å². The van der Waals surface area contributed by atoms with Crippen LogP contribution in [0.3, 0.4) is 0 Å². The van der Waals surface area contributed by atoms with Crippen molar-refractivity contribution in [2.45, 2.75) is 204 Å². The number of rotatable bonds is 43. The molecule has 7 amide bonds. The number of likely N-dealkylation sites (tertiary alicyclic amines) is 2. The molecule has 0 radical (unpaired) electrons. The summed E-state index contributed by atoms with van der Waals surface area (Å²) in [6.07, 6.45) is 5.61. The molecule has 38 nitrogen and oxygen atoms in total. The number of aliphatic carboxylic acids is 3. The molecule has 14 N–H and O–H groups in total. The number of aliphatic hydroxyl groups excluding tert-OH is 1. The van der Waals surface area contributed by atoms with Crippen LogP contribution in [0.25, 0.3) is 0 Å². The van der Waals surface area contributed by atoms with E-state index in [-0.39, 0.29) is 149 Å². The van der Waals surface area contributed by atoms with Crippen molar-refractivity contribution in [2.24, 2.45) is 5.92 Å². The van der Waals surface area contributed by atoms with E-state index in [1.165, 1.54) is 37.0 Å². The number of amides is 7. The highest BCUT2D eigenvalue weighted by Crippen LogP contribution is 2.66. The number of aryl methyl sites for hydroxylation is 2. The van der Waals surface area contributed by atoms with Crippen molar-refractivity contribution in [1.82, 2.24) is 45.5 Å². The molecule has 5 heterocycles. The van der Waals surface area contributed by atoms with E-state index in [0.29, 0.717) is 30.6 Å². The quantitative estimate of drug-likeness (QED) is 0.0142. The van der Waals surface area contributed by atoms with Crippen LogP contribution >= 0.6 is 45.1 Å². The fourth-order valence-corrected chi connectivity index (χ4v) is 19.5. The molecular formula is C76H101N10O28P3S2. The lowest BCUT2D eigenvalue weighted by molar-refractivity contribution is -0.148. The second kappa shape index (κ2) is 44.1. The molecule has 0 spiro atoms. The molecule has 3 aromatic rings. The average Bonchev–Trinajstić information content (AvgIpc) is 1.58. The number of aliphatic hydroxyl groups is 1. The van der Waals surface area contributed by atoms with Crippen LogP contribution < -0.4 is 37.4 Å². The minimum atomic E-state index is -5.83. The number of hydrogen-bond acceptors (Lipinski definition) is 25. The van der Waals surface area contributed by atoms with Gasteiger partial charge in [0.05, 0.1) is 31.1 Å². The Kier molecular flexibility index (Phi) is 35.4. The van der Waals surface area contributed by atoms with E-state index in [1.54, 1.807) is 11.9 Å². The van der Waals surface area contributed by atoms with Crippen LogP contribution in [-0.4, -0.2) is 223 Å². The number of phosphoric acid groups is 3. The maximum atomic E-state index is 14.8. The normalized spacial score (nSPS) is 20.9. The summed E-state index contributed by atoms with van der Waals surface area (Å²) in [6, 6.07) is 4.33. The smallest absolute Gasteiger partial charge is 0.481 e. The van der Waals surface area contributed by atoms with Crippen molar-refractivity contribution in [1.29, 1.82) is 0 Å². The summed E-state index contributed by atoms with van der Waals surface area (Å²) in [6.45, 7) is 7.97. The second-order valence-corrected chi connectivity index (χ2v) is 36.2. The van der Waals surface area contributed by atoms with Crippen LogP contribution in [0.2, 0.25) is 0 Å². The number of carboxylic acids is 3. The number of nitrogens with two attached hydrogens (primary N) is 1. The standard InChI is InChI=1S/C76H101N10O28P3S2/c1-6-17-46-37-60-52(35-44(46)3)68(53-36-45(4)47(18-7-2)38-61(53)111-60)50-21-10-11-22-51(50)73(98)83(5)30-16-26-63(89)78-29-13-12-23-54(74(99)85-32-15-25-58(85)72(97)80-55(39-66(91)92)70(95)81-56(75(100)101)40-67(93)94)79-71(96)57-24-14-31-84(57)64(90)28-34-119-118-33-27-49(87)20-9-8-19-48-42-86(76(102)82-69(48)77)65-41-59(88)62(112-65)43-110-116(106,107)114-117(108,109)113-115(103,104)105/h10-11,17,21-22,35-38,42,52,54-59,62,65,68,88H,6-7,9,12-16,18,20,23-34,39-41,43H2,1-5H3,(H,78,89)(H,79,96)(H,80,97)(H,81,95)(H,91,92)(H,93,94)(H,100,101)(H,106,107)(H,108,109)(H2,77,82,102)(H2,103,104,105)/b46-17+/t52?,54?,55?,56?,57?,58?,59?,62-,65-,68?/m1/s1. The monoisotopic (exact) mass is 1760 g/mol. The molecule has 1 aromatic heterocycles. The highest BCUT2D eigenvalue weighted by molar-refractivity contribution is 8.76. The fraction of sp³-hybridized carbons (Fsp3) is 0.539. The molecule has 12 atom stereocenters. The van der Waals surface area contributed by atoms with E-state index in [0.717, 1.165) is 69.4 Å². The molecule has 4 aliphatic heterocycles. The van der Waals surface area contributed by atoms with Gasteiger partial charge in [0.1, 0.15) is 65.7 Å². The van der Waals surface area contributed by atoms with Gasteiger partial charge in [-0.2, -0.15) is 13.6 Å². The van der Waals surface area contributed by atoms with Gasteiger partial charge in [-0.25, -0.2) is 23.3 Å². The van der Waals surface area contributed by atoms with Crippen molar-refractivity contribution in [3.63, 3.8) is 0 Å². The number of nitrogens with one attached hydrogen (secondary N) is 4. The van der Waals surface area contributed by atoms with Gasteiger partial charge in [-0.1, -0.05) is 90.1 Å². The number of unbranched alkanes of at least 4 members (excludes halogenated alkanes) is 1. The van der Waals surface area contributed by atoms with E-state index < -0.39 is 139 Å². The van der Waals surface area contributed by atoms with E-state index >= 15 is 0 Å². The molecule has 0 bridgehead atoms. The number of carboxylic acid groups (broad SMARTS) is 3. The van der Waals surface area contributed by atoms with Crippen molar-refractivity contribution >= 4 is 116 Å². The molecule has 3 saturated heterocycles. The zero-order valence-corrected chi connectivity index (χ0v) is 70.5. The first-order valence-electron chi connectivity index (χ1n) is 38.7. The van der Waals surface area contributed by atoms with Crippen molar-refractivity contribution in [3.8, 4) is 17.6 Å². The Hall–Kier alpha value is -8.90. The van der Waals surface area contributed by atoms with Gasteiger partial charge >= 0.3 is 47.1 Å². The Morgan fingerprint density at radius 2 is 1.47 bits per heavy atom. The van der Waals surface area contributed by atoms with E-state index in [4.69, 9.17) is 25.0 Å². The molecule has 0 saturated carbocycles. The van der Waals surface area contributed by atoms with Crippen molar-refractivity contribution in [3.05, 3.63) is 122 Å². The molecule has 119 heavy (non-hydrogen) atoms. The number of nitrogens with zero attached hydrogens (tertiary/aromatic N) is 5. The molecule has 1 aliphatic carbocycles. The summed E-state index contributed by atoms with van der Waals surface area (Å²) in [5.41, 5.74) is 11.9. The number of fused-ring (bicyclic) bond motifs is 2. The first-order valence-corrected chi connectivity index (χ1v) is 45.7. The topological polar surface area (TPSA) is 566 Å². The molecular weight excluding hydrogens is 1660 g/mol. The van der Waals surface area contributed by atoms with Crippen LogP contribution in [0.1, 0.15) is 187 Å². The van der Waals surface area contributed by atoms with Gasteiger partial charge in [-0.15, -0.1) is 0 Å². The van der Waals surface area contributed by atoms with E-state index in [2.05, 4.69) is 104 Å². The number of aromatic nitrogens is 2. The van der Waals surface area contributed by atoms with Crippen molar-refractivity contribution in [2.75, 3.05) is 57.1 Å².